The number of amides is 1. The third-order valence-electron chi connectivity index (χ3n) is 3.93. The van der Waals surface area contributed by atoms with Gasteiger partial charge in [-0.2, -0.15) is 0 Å². The molecule has 2 heterocycles. The molecule has 0 aliphatic carbocycles. The second-order valence-electron chi connectivity index (χ2n) is 6.04. The van der Waals surface area contributed by atoms with E-state index in [2.05, 4.69) is 15.3 Å². The lowest BCUT2D eigenvalue weighted by Crippen LogP contribution is -2.44. The molecule has 0 saturated carbocycles. The molecule has 1 aromatic carbocycles. The molecule has 128 valence electrons. The van der Waals surface area contributed by atoms with E-state index in [-0.39, 0.29) is 5.92 Å². The molecule has 2 N–H and O–H groups in total. The number of nitrogens with one attached hydrogen (secondary N) is 2. The Labute approximate surface area is 143 Å². The maximum atomic E-state index is 12.8. The van der Waals surface area contributed by atoms with Gasteiger partial charge in [-0.05, 0) is 30.2 Å². The van der Waals surface area contributed by atoms with Crippen LogP contribution >= 0.6 is 0 Å². The van der Waals surface area contributed by atoms with Gasteiger partial charge in [0.05, 0.1) is 10.9 Å². The van der Waals surface area contributed by atoms with Gasteiger partial charge < -0.3 is 10.3 Å². The van der Waals surface area contributed by atoms with Gasteiger partial charge in [0.1, 0.15) is 11.9 Å². The van der Waals surface area contributed by atoms with Crippen LogP contribution in [0.1, 0.15) is 19.9 Å². The molecular weight excluding hydrogens is 320 g/mol. The van der Waals surface area contributed by atoms with Crippen LogP contribution < -0.4 is 16.6 Å². The molecule has 0 radical (unpaired) electrons. The summed E-state index contributed by atoms with van der Waals surface area (Å²) in [5.74, 6) is -0.372. The predicted molar refractivity (Wildman–Crippen MR) is 95.6 cm³/mol. The van der Waals surface area contributed by atoms with Gasteiger partial charge in [-0.3, -0.25) is 9.59 Å². The molecule has 7 heteroatoms. The van der Waals surface area contributed by atoms with Crippen LogP contribution in [0.25, 0.3) is 10.9 Å². The van der Waals surface area contributed by atoms with Crippen molar-refractivity contribution in [2.75, 3.05) is 5.32 Å². The number of carbonyl (C=O) groups is 1. The van der Waals surface area contributed by atoms with Crippen molar-refractivity contribution in [3.8, 4) is 0 Å². The largest absolute Gasteiger partial charge is 0.329 e. The Morgan fingerprint density at radius 2 is 1.84 bits per heavy atom. The van der Waals surface area contributed by atoms with Crippen molar-refractivity contribution in [2.45, 2.75) is 19.9 Å². The molecule has 25 heavy (non-hydrogen) atoms. The summed E-state index contributed by atoms with van der Waals surface area (Å²) in [5, 5.41) is 3.02. The number of aromatic nitrogens is 3. The van der Waals surface area contributed by atoms with Gasteiger partial charge in [0.15, 0.2) is 0 Å². The number of para-hydroxylation sites is 1. The average Bonchev–Trinajstić information content (AvgIpc) is 2.59. The van der Waals surface area contributed by atoms with Crippen LogP contribution in [0.5, 0.6) is 0 Å². The monoisotopic (exact) mass is 338 g/mol. The van der Waals surface area contributed by atoms with Crippen molar-refractivity contribution in [3.63, 3.8) is 0 Å². The minimum atomic E-state index is -0.956. The van der Waals surface area contributed by atoms with Crippen molar-refractivity contribution in [1.29, 1.82) is 0 Å². The number of aromatic amines is 1. The summed E-state index contributed by atoms with van der Waals surface area (Å²) < 4.78 is 0.977. The number of H-pyrrole nitrogens is 1. The van der Waals surface area contributed by atoms with E-state index in [1.807, 2.05) is 0 Å². The summed E-state index contributed by atoms with van der Waals surface area (Å²) in [6, 6.07) is 10.9. The van der Waals surface area contributed by atoms with Crippen LogP contribution in [0.3, 0.4) is 0 Å². The topological polar surface area (TPSA) is 96.8 Å². The summed E-state index contributed by atoms with van der Waals surface area (Å²) >= 11 is 0. The first-order chi connectivity index (χ1) is 12.0. The maximum Gasteiger partial charge on any atom is 0.329 e. The maximum absolute atomic E-state index is 12.8. The second kappa shape index (κ2) is 6.72. The highest BCUT2D eigenvalue weighted by Gasteiger charge is 2.28. The summed E-state index contributed by atoms with van der Waals surface area (Å²) in [6.45, 7) is 3.56. The molecule has 2 aromatic heterocycles. The Bertz CT molecular complexity index is 1020. The Morgan fingerprint density at radius 1 is 1.12 bits per heavy atom. The Morgan fingerprint density at radius 3 is 2.52 bits per heavy atom. The van der Waals surface area contributed by atoms with E-state index in [1.54, 1.807) is 62.5 Å². The van der Waals surface area contributed by atoms with E-state index in [9.17, 15) is 14.4 Å². The zero-order chi connectivity index (χ0) is 18.0. The molecule has 1 atom stereocenters. The van der Waals surface area contributed by atoms with Crippen LogP contribution in [-0.4, -0.2) is 20.4 Å². The van der Waals surface area contributed by atoms with E-state index in [0.717, 1.165) is 4.57 Å². The number of hydrogen-bond acceptors (Lipinski definition) is 4. The van der Waals surface area contributed by atoms with Gasteiger partial charge in [-0.15, -0.1) is 0 Å². The van der Waals surface area contributed by atoms with E-state index in [1.165, 1.54) is 0 Å². The molecule has 0 bridgehead atoms. The van der Waals surface area contributed by atoms with Gasteiger partial charge >= 0.3 is 5.69 Å². The molecule has 0 fully saturated rings. The number of benzene rings is 1. The van der Waals surface area contributed by atoms with Gasteiger partial charge in [0.25, 0.3) is 5.56 Å². The highest BCUT2D eigenvalue weighted by atomic mass is 16.2. The smallest absolute Gasteiger partial charge is 0.309 e. The Kier molecular flexibility index (Phi) is 4.47. The van der Waals surface area contributed by atoms with Gasteiger partial charge in [-0.25, -0.2) is 14.3 Å². The second-order valence-corrected chi connectivity index (χ2v) is 6.04. The summed E-state index contributed by atoms with van der Waals surface area (Å²) in [7, 11) is 0. The first-order valence-corrected chi connectivity index (χ1v) is 7.94. The zero-order valence-corrected chi connectivity index (χ0v) is 13.9. The van der Waals surface area contributed by atoms with Crippen molar-refractivity contribution in [3.05, 3.63) is 69.5 Å². The van der Waals surface area contributed by atoms with Gasteiger partial charge in [0.2, 0.25) is 5.91 Å². The molecule has 0 saturated heterocycles. The van der Waals surface area contributed by atoms with Crippen molar-refractivity contribution in [1.82, 2.24) is 14.5 Å². The van der Waals surface area contributed by atoms with Crippen LogP contribution in [-0.2, 0) is 4.79 Å². The number of hydrogen-bond donors (Lipinski definition) is 2. The number of rotatable bonds is 4. The lowest BCUT2D eigenvalue weighted by Gasteiger charge is -2.21. The van der Waals surface area contributed by atoms with E-state index in [4.69, 9.17) is 0 Å². The van der Waals surface area contributed by atoms with Crippen molar-refractivity contribution < 1.29 is 4.79 Å². The normalized spacial score (nSPS) is 12.3. The molecule has 0 aliphatic rings. The number of pyridine rings is 1. The molecule has 1 unspecified atom stereocenters. The molecule has 1 amide bonds. The molecule has 7 nitrogen and oxygen atoms in total. The van der Waals surface area contributed by atoms with Crippen molar-refractivity contribution in [2.24, 2.45) is 5.92 Å². The fourth-order valence-electron chi connectivity index (χ4n) is 2.78. The van der Waals surface area contributed by atoms with Crippen molar-refractivity contribution >= 4 is 22.6 Å². The van der Waals surface area contributed by atoms with Crippen LogP contribution in [0, 0.1) is 5.92 Å². The minimum absolute atomic E-state index is 0.274. The van der Waals surface area contributed by atoms with Gasteiger partial charge in [0, 0.05) is 6.20 Å². The number of carbonyl (C=O) groups excluding carboxylic acids is 1. The molecule has 3 aromatic rings. The standard InChI is InChI=1S/C18H18N4O3/c1-11(2)15(16(23)21-14-9-5-6-10-19-14)22-17(24)12-7-3-4-8-13(12)20-18(22)25/h3-11,15H,1-2H3,(H,20,25)(H,19,21,23). The van der Waals surface area contributed by atoms with Crippen LogP contribution in [0.4, 0.5) is 5.82 Å². The third kappa shape index (κ3) is 3.21. The predicted octanol–water partition coefficient (Wildman–Crippen LogP) is 1.92. The van der Waals surface area contributed by atoms with Crippen LogP contribution in [0.2, 0.25) is 0 Å². The number of fused-ring (bicyclic) bond motifs is 1. The molecule has 0 aliphatic heterocycles. The van der Waals surface area contributed by atoms with Crippen LogP contribution in [0.15, 0.2) is 58.3 Å². The number of nitrogens with zero attached hydrogens (tertiary/aromatic N) is 2. The average molecular weight is 338 g/mol. The fraction of sp³-hybridized carbons (Fsp3) is 0.222. The zero-order valence-electron chi connectivity index (χ0n) is 13.9. The SMILES string of the molecule is CC(C)C(C(=O)Nc1ccccn1)n1c(=O)[nH]c2ccccc2c1=O. The summed E-state index contributed by atoms with van der Waals surface area (Å²) in [4.78, 5) is 44.7. The molecule has 3 rings (SSSR count). The lowest BCUT2D eigenvalue weighted by atomic mass is 10.0. The Balaban J connectivity index is 2.10. The Hall–Kier alpha value is -3.22. The lowest BCUT2D eigenvalue weighted by molar-refractivity contribution is -0.120. The minimum Gasteiger partial charge on any atom is -0.309 e. The van der Waals surface area contributed by atoms with E-state index >= 15 is 0 Å². The third-order valence-corrected chi connectivity index (χ3v) is 3.93. The van der Waals surface area contributed by atoms with Gasteiger partial charge in [-0.1, -0.05) is 32.0 Å². The quantitative estimate of drug-likeness (QED) is 0.759. The number of anilines is 1. The fourth-order valence-corrected chi connectivity index (χ4v) is 2.78. The first-order valence-electron chi connectivity index (χ1n) is 7.94. The summed E-state index contributed by atoms with van der Waals surface area (Å²) in [5.41, 5.74) is -0.658. The first kappa shape index (κ1) is 16.6. The van der Waals surface area contributed by atoms with E-state index < -0.39 is 23.2 Å². The summed E-state index contributed by atoms with van der Waals surface area (Å²) in [6.07, 6.45) is 1.55. The molecule has 0 spiro atoms. The molecular formula is C18H18N4O3. The van der Waals surface area contributed by atoms with E-state index in [0.29, 0.717) is 16.7 Å². The highest BCUT2D eigenvalue weighted by molar-refractivity contribution is 5.93. The highest BCUT2D eigenvalue weighted by Crippen LogP contribution is 2.17.